The monoisotopic (exact) mass is 311 g/mol. The zero-order valence-electron chi connectivity index (χ0n) is 11.1. The van der Waals surface area contributed by atoms with Crippen molar-refractivity contribution in [1.29, 1.82) is 0 Å². The number of carbonyl (C=O) groups is 1. The normalized spacial score (nSPS) is 10.5. The van der Waals surface area contributed by atoms with Gasteiger partial charge in [0.15, 0.2) is 9.84 Å². The first-order chi connectivity index (χ1) is 9.75. The number of benzene rings is 1. The summed E-state index contributed by atoms with van der Waals surface area (Å²) in [5.74, 6) is 1.85. The van der Waals surface area contributed by atoms with Crippen molar-refractivity contribution >= 4 is 27.1 Å². The van der Waals surface area contributed by atoms with E-state index >= 15 is 0 Å². The molecule has 0 unspecified atom stereocenters. The van der Waals surface area contributed by atoms with Crippen molar-refractivity contribution in [3.63, 3.8) is 0 Å². The Hall–Kier alpha value is -2.60. The van der Waals surface area contributed by atoms with Crippen molar-refractivity contribution in [1.82, 2.24) is 5.32 Å². The summed E-state index contributed by atoms with van der Waals surface area (Å²) in [5, 5.41) is 15.9. The number of nitro groups is 1. The Morgan fingerprint density at radius 1 is 1.48 bits per heavy atom. The summed E-state index contributed by atoms with van der Waals surface area (Å²) in [7, 11) is -3.76. The Labute approximate surface area is 121 Å². The third-order valence-electron chi connectivity index (χ3n) is 2.40. The second-order valence-corrected chi connectivity index (χ2v) is 6.03. The Morgan fingerprint density at radius 2 is 2.14 bits per heavy atom. The number of amides is 1. The van der Waals surface area contributed by atoms with Crippen LogP contribution in [-0.2, 0) is 14.6 Å². The number of anilines is 1. The fourth-order valence-electron chi connectivity index (χ4n) is 1.47. The van der Waals surface area contributed by atoms with Crippen LogP contribution in [-0.4, -0.2) is 38.6 Å². The molecule has 0 atom stereocenters. The van der Waals surface area contributed by atoms with Gasteiger partial charge in [0.25, 0.3) is 5.69 Å². The molecule has 0 heterocycles. The third kappa shape index (κ3) is 4.77. The molecule has 21 heavy (non-hydrogen) atoms. The van der Waals surface area contributed by atoms with Crippen molar-refractivity contribution in [3.05, 3.63) is 28.3 Å². The lowest BCUT2D eigenvalue weighted by molar-refractivity contribution is -0.387. The molecular weight excluding hydrogens is 298 g/mol. The van der Waals surface area contributed by atoms with Gasteiger partial charge >= 0.3 is 0 Å². The van der Waals surface area contributed by atoms with Crippen LogP contribution in [0.15, 0.2) is 23.1 Å². The van der Waals surface area contributed by atoms with Gasteiger partial charge in [-0.2, -0.15) is 0 Å². The van der Waals surface area contributed by atoms with Gasteiger partial charge in [-0.15, -0.1) is 6.42 Å². The van der Waals surface area contributed by atoms with E-state index in [1.54, 1.807) is 0 Å². The molecule has 0 radical (unpaired) electrons. The van der Waals surface area contributed by atoms with Crippen LogP contribution < -0.4 is 10.6 Å². The minimum Gasteiger partial charge on any atom is -0.376 e. The van der Waals surface area contributed by atoms with Crippen molar-refractivity contribution in [2.75, 3.05) is 24.7 Å². The van der Waals surface area contributed by atoms with Crippen LogP contribution in [0.25, 0.3) is 0 Å². The number of hydrogen-bond acceptors (Lipinski definition) is 6. The number of nitrogens with zero attached hydrogens (tertiary/aromatic N) is 1. The highest BCUT2D eigenvalue weighted by molar-refractivity contribution is 7.90. The maximum atomic E-state index is 11.6. The summed E-state index contributed by atoms with van der Waals surface area (Å²) in [6.07, 6.45) is 5.85. The van der Waals surface area contributed by atoms with Crippen LogP contribution in [0.4, 0.5) is 11.4 Å². The van der Waals surface area contributed by atoms with Crippen molar-refractivity contribution in [2.45, 2.75) is 4.90 Å². The number of sulfone groups is 1. The second kappa shape index (κ2) is 6.71. The Kier molecular flexibility index (Phi) is 5.26. The zero-order chi connectivity index (χ0) is 16.0. The number of carbonyl (C=O) groups excluding carboxylic acids is 1. The van der Waals surface area contributed by atoms with Crippen LogP contribution >= 0.6 is 0 Å². The molecule has 0 aliphatic rings. The maximum Gasteiger partial charge on any atom is 0.288 e. The molecule has 1 aromatic carbocycles. The molecule has 0 bridgehead atoms. The molecule has 8 nitrogen and oxygen atoms in total. The molecule has 0 aliphatic heterocycles. The average Bonchev–Trinajstić information content (AvgIpc) is 2.41. The standard InChI is InChI=1S/C12H13N3O5S/c1-3-6-13-12(16)8-14-9-4-5-10(15(17)18)11(7-9)21(2,19)20/h1,4-5,7,14H,6,8H2,2H3,(H,13,16). The van der Waals surface area contributed by atoms with Gasteiger partial charge in [-0.05, 0) is 12.1 Å². The summed E-state index contributed by atoms with van der Waals surface area (Å²) < 4.78 is 23.1. The van der Waals surface area contributed by atoms with Gasteiger partial charge in [-0.3, -0.25) is 14.9 Å². The highest BCUT2D eigenvalue weighted by atomic mass is 32.2. The molecular formula is C12H13N3O5S. The summed E-state index contributed by atoms with van der Waals surface area (Å²) in [5.41, 5.74) is -0.239. The first-order valence-corrected chi connectivity index (χ1v) is 7.57. The zero-order valence-corrected chi connectivity index (χ0v) is 11.9. The molecule has 0 aromatic heterocycles. The molecule has 0 saturated carbocycles. The van der Waals surface area contributed by atoms with Crippen molar-refractivity contribution < 1.29 is 18.1 Å². The highest BCUT2D eigenvalue weighted by Crippen LogP contribution is 2.26. The average molecular weight is 311 g/mol. The Bertz CT molecular complexity index is 706. The quantitative estimate of drug-likeness (QED) is 0.439. The van der Waals surface area contributed by atoms with E-state index in [1.807, 2.05) is 0 Å². The van der Waals surface area contributed by atoms with E-state index in [0.29, 0.717) is 0 Å². The molecule has 9 heteroatoms. The molecule has 1 amide bonds. The summed E-state index contributed by atoms with van der Waals surface area (Å²) in [6, 6.07) is 3.50. The first-order valence-electron chi connectivity index (χ1n) is 5.68. The molecule has 2 N–H and O–H groups in total. The minimum absolute atomic E-state index is 0.0787. The first kappa shape index (κ1) is 16.5. The number of terminal acetylenes is 1. The maximum absolute atomic E-state index is 11.6. The van der Waals surface area contributed by atoms with Gasteiger partial charge in [0, 0.05) is 18.0 Å². The van der Waals surface area contributed by atoms with E-state index in [9.17, 15) is 23.3 Å². The topological polar surface area (TPSA) is 118 Å². The van der Waals surface area contributed by atoms with Gasteiger partial charge in [-0.1, -0.05) is 5.92 Å². The molecule has 0 aliphatic carbocycles. The van der Waals surface area contributed by atoms with Crippen LogP contribution in [0.1, 0.15) is 0 Å². The lowest BCUT2D eigenvalue weighted by atomic mass is 10.3. The SMILES string of the molecule is C#CCNC(=O)CNc1ccc([N+](=O)[O-])c(S(C)(=O)=O)c1. The smallest absolute Gasteiger partial charge is 0.288 e. The lowest BCUT2D eigenvalue weighted by Gasteiger charge is -2.08. The second-order valence-electron chi connectivity index (χ2n) is 4.05. The molecule has 1 aromatic rings. The number of hydrogen-bond donors (Lipinski definition) is 2. The van der Waals surface area contributed by atoms with Gasteiger partial charge in [0.05, 0.1) is 18.0 Å². The van der Waals surface area contributed by atoms with Crippen LogP contribution in [0, 0.1) is 22.5 Å². The van der Waals surface area contributed by atoms with E-state index in [4.69, 9.17) is 6.42 Å². The fraction of sp³-hybridized carbons (Fsp3) is 0.250. The van der Waals surface area contributed by atoms with E-state index < -0.39 is 25.3 Å². The van der Waals surface area contributed by atoms with Crippen LogP contribution in [0.5, 0.6) is 0 Å². The van der Waals surface area contributed by atoms with Crippen molar-refractivity contribution in [3.8, 4) is 12.3 Å². The highest BCUT2D eigenvalue weighted by Gasteiger charge is 2.22. The molecule has 0 spiro atoms. The van der Waals surface area contributed by atoms with E-state index in [1.165, 1.54) is 6.07 Å². The summed E-state index contributed by atoms with van der Waals surface area (Å²) in [4.78, 5) is 20.9. The molecule has 0 saturated heterocycles. The van der Waals surface area contributed by atoms with Crippen LogP contribution in [0.3, 0.4) is 0 Å². The molecule has 112 valence electrons. The Morgan fingerprint density at radius 3 is 2.67 bits per heavy atom. The predicted molar refractivity (Wildman–Crippen MR) is 76.5 cm³/mol. The van der Waals surface area contributed by atoms with Gasteiger partial charge in [-0.25, -0.2) is 8.42 Å². The Balaban J connectivity index is 2.95. The van der Waals surface area contributed by atoms with Gasteiger partial charge < -0.3 is 10.6 Å². The van der Waals surface area contributed by atoms with Crippen molar-refractivity contribution in [2.24, 2.45) is 0 Å². The number of rotatable bonds is 6. The van der Waals surface area contributed by atoms with E-state index in [0.717, 1.165) is 18.4 Å². The van der Waals surface area contributed by atoms with Crippen LogP contribution in [0.2, 0.25) is 0 Å². The largest absolute Gasteiger partial charge is 0.376 e. The van der Waals surface area contributed by atoms with Gasteiger partial charge in [0.1, 0.15) is 4.90 Å². The summed E-state index contributed by atoms with van der Waals surface area (Å²) >= 11 is 0. The number of nitro benzene ring substituents is 1. The fourth-order valence-corrected chi connectivity index (χ4v) is 2.33. The lowest BCUT2D eigenvalue weighted by Crippen LogP contribution is -2.30. The molecule has 0 fully saturated rings. The minimum atomic E-state index is -3.76. The van der Waals surface area contributed by atoms with Gasteiger partial charge in [0.2, 0.25) is 5.91 Å². The summed E-state index contributed by atoms with van der Waals surface area (Å²) in [6.45, 7) is -0.0575. The van der Waals surface area contributed by atoms with E-state index in [-0.39, 0.29) is 24.7 Å². The van der Waals surface area contributed by atoms with E-state index in [2.05, 4.69) is 16.6 Å². The number of nitrogens with one attached hydrogen (secondary N) is 2. The third-order valence-corrected chi connectivity index (χ3v) is 3.52. The predicted octanol–water partition coefficient (Wildman–Crippen LogP) is 0.160. The molecule has 1 rings (SSSR count).